The molecule has 1 saturated heterocycles. The van der Waals surface area contributed by atoms with Gasteiger partial charge in [0.1, 0.15) is 0 Å². The van der Waals surface area contributed by atoms with Crippen LogP contribution >= 0.6 is 0 Å². The zero-order chi connectivity index (χ0) is 13.9. The fourth-order valence-electron chi connectivity index (χ4n) is 2.57. The van der Waals surface area contributed by atoms with Crippen LogP contribution in [0.1, 0.15) is 33.1 Å². The second-order valence-corrected chi connectivity index (χ2v) is 5.74. The third-order valence-electron chi connectivity index (χ3n) is 3.85. The molecule has 1 fully saturated rings. The first-order valence-electron chi connectivity index (χ1n) is 7.75. The van der Waals surface area contributed by atoms with Crippen molar-refractivity contribution in [1.29, 1.82) is 0 Å². The van der Waals surface area contributed by atoms with E-state index in [1.54, 1.807) is 7.11 Å². The van der Waals surface area contributed by atoms with Gasteiger partial charge in [0.15, 0.2) is 0 Å². The van der Waals surface area contributed by atoms with Crippen molar-refractivity contribution in [2.45, 2.75) is 39.2 Å². The highest BCUT2D eigenvalue weighted by atomic mass is 16.5. The maximum Gasteiger partial charge on any atom is 0.0700 e. The van der Waals surface area contributed by atoms with Crippen LogP contribution in [0, 0.1) is 5.92 Å². The summed E-state index contributed by atoms with van der Waals surface area (Å²) in [4.78, 5) is 2.61. The Morgan fingerprint density at radius 2 is 1.89 bits per heavy atom. The third kappa shape index (κ3) is 7.88. The van der Waals surface area contributed by atoms with Crippen LogP contribution in [0.5, 0.6) is 0 Å². The summed E-state index contributed by atoms with van der Waals surface area (Å²) in [6.45, 7) is 11.6. The fraction of sp³-hybridized carbons (Fsp3) is 1.00. The van der Waals surface area contributed by atoms with Gasteiger partial charge >= 0.3 is 0 Å². The number of piperidine rings is 1. The van der Waals surface area contributed by atoms with Crippen molar-refractivity contribution in [3.63, 3.8) is 0 Å². The normalized spacial score (nSPS) is 17.5. The lowest BCUT2D eigenvalue weighted by Crippen LogP contribution is -2.40. The first-order valence-corrected chi connectivity index (χ1v) is 7.75. The molecule has 4 heteroatoms. The molecule has 0 atom stereocenters. The Morgan fingerprint density at radius 1 is 1.16 bits per heavy atom. The van der Waals surface area contributed by atoms with E-state index in [-0.39, 0.29) is 0 Å². The Labute approximate surface area is 118 Å². The highest BCUT2D eigenvalue weighted by Crippen LogP contribution is 2.15. The van der Waals surface area contributed by atoms with Gasteiger partial charge in [-0.3, -0.25) is 0 Å². The first-order chi connectivity index (χ1) is 9.24. The summed E-state index contributed by atoms with van der Waals surface area (Å²) in [5.41, 5.74) is 0. The van der Waals surface area contributed by atoms with Gasteiger partial charge in [-0.05, 0) is 52.1 Å². The molecule has 1 rings (SSSR count). The molecule has 0 saturated carbocycles. The second-order valence-electron chi connectivity index (χ2n) is 5.74. The zero-order valence-electron chi connectivity index (χ0n) is 13.0. The maximum absolute atomic E-state index is 5.53. The van der Waals surface area contributed by atoms with Crippen molar-refractivity contribution in [2.75, 3.05) is 53.1 Å². The van der Waals surface area contributed by atoms with Crippen molar-refractivity contribution in [2.24, 2.45) is 5.92 Å². The summed E-state index contributed by atoms with van der Waals surface area (Å²) in [5, 5.41) is 3.44. The Kier molecular flexibility index (Phi) is 9.43. The minimum atomic E-state index is 0.633. The molecule has 0 aromatic rings. The summed E-state index contributed by atoms with van der Waals surface area (Å²) in [6.07, 6.45) is 3.77. The summed E-state index contributed by atoms with van der Waals surface area (Å²) < 4.78 is 10.5. The number of hydrogen-bond donors (Lipinski definition) is 1. The first kappa shape index (κ1) is 16.9. The van der Waals surface area contributed by atoms with Gasteiger partial charge in [0.05, 0.1) is 13.2 Å². The Bertz CT molecular complexity index is 206. The Balaban J connectivity index is 2.13. The summed E-state index contributed by atoms with van der Waals surface area (Å²) in [5.74, 6) is 0.873. The van der Waals surface area contributed by atoms with Gasteiger partial charge in [-0.15, -0.1) is 0 Å². The standard InChI is InChI=1S/C15H32N2O2/c1-14(2)17(9-4-10-19-12-11-18-3)13-15-5-7-16-8-6-15/h14-16H,4-13H2,1-3H3. The molecular formula is C15H32N2O2. The van der Waals surface area contributed by atoms with Crippen LogP contribution < -0.4 is 5.32 Å². The van der Waals surface area contributed by atoms with Crippen LogP contribution in [0.4, 0.5) is 0 Å². The highest BCUT2D eigenvalue weighted by Gasteiger charge is 2.18. The van der Waals surface area contributed by atoms with Gasteiger partial charge in [0.2, 0.25) is 0 Å². The van der Waals surface area contributed by atoms with E-state index in [1.807, 2.05) is 0 Å². The SMILES string of the molecule is COCCOCCCN(CC1CCNCC1)C(C)C. The van der Waals surface area contributed by atoms with Gasteiger partial charge in [-0.2, -0.15) is 0 Å². The lowest BCUT2D eigenvalue weighted by atomic mass is 9.97. The molecule has 114 valence electrons. The van der Waals surface area contributed by atoms with Gasteiger partial charge in [-0.1, -0.05) is 0 Å². The number of hydrogen-bond acceptors (Lipinski definition) is 4. The van der Waals surface area contributed by atoms with E-state index >= 15 is 0 Å². The van der Waals surface area contributed by atoms with Crippen LogP contribution in [-0.2, 0) is 9.47 Å². The molecule has 0 amide bonds. The lowest BCUT2D eigenvalue weighted by Gasteiger charge is -2.32. The quantitative estimate of drug-likeness (QED) is 0.614. The van der Waals surface area contributed by atoms with Gasteiger partial charge < -0.3 is 19.7 Å². The monoisotopic (exact) mass is 272 g/mol. The maximum atomic E-state index is 5.53. The molecule has 0 aromatic heterocycles. The molecular weight excluding hydrogens is 240 g/mol. The molecule has 1 aliphatic rings. The van der Waals surface area contributed by atoms with Crippen molar-refractivity contribution in [3.8, 4) is 0 Å². The molecule has 19 heavy (non-hydrogen) atoms. The molecule has 4 nitrogen and oxygen atoms in total. The molecule has 1 N–H and O–H groups in total. The van der Waals surface area contributed by atoms with E-state index in [2.05, 4.69) is 24.1 Å². The Hall–Kier alpha value is -0.160. The van der Waals surface area contributed by atoms with Gasteiger partial charge in [0.25, 0.3) is 0 Å². The topological polar surface area (TPSA) is 33.7 Å². The van der Waals surface area contributed by atoms with Crippen LogP contribution in [-0.4, -0.2) is 64.1 Å². The van der Waals surface area contributed by atoms with Crippen molar-refractivity contribution in [3.05, 3.63) is 0 Å². The van der Waals surface area contributed by atoms with E-state index in [9.17, 15) is 0 Å². The minimum Gasteiger partial charge on any atom is -0.382 e. The van der Waals surface area contributed by atoms with Gasteiger partial charge in [0, 0.05) is 32.8 Å². The number of methoxy groups -OCH3 is 1. The average molecular weight is 272 g/mol. The highest BCUT2D eigenvalue weighted by molar-refractivity contribution is 4.74. The molecule has 0 aromatic carbocycles. The Morgan fingerprint density at radius 3 is 2.53 bits per heavy atom. The molecule has 0 bridgehead atoms. The predicted molar refractivity (Wildman–Crippen MR) is 79.6 cm³/mol. The molecule has 0 radical (unpaired) electrons. The van der Waals surface area contributed by atoms with Crippen molar-refractivity contribution < 1.29 is 9.47 Å². The third-order valence-corrected chi connectivity index (χ3v) is 3.85. The second kappa shape index (κ2) is 10.6. The van der Waals surface area contributed by atoms with E-state index in [0.717, 1.165) is 25.5 Å². The van der Waals surface area contributed by atoms with Crippen LogP contribution in [0.25, 0.3) is 0 Å². The predicted octanol–water partition coefficient (Wildman–Crippen LogP) is 1.75. The molecule has 1 aliphatic heterocycles. The van der Waals surface area contributed by atoms with E-state index < -0.39 is 0 Å². The van der Waals surface area contributed by atoms with Gasteiger partial charge in [-0.25, -0.2) is 0 Å². The summed E-state index contributed by atoms with van der Waals surface area (Å²) in [6, 6.07) is 0.633. The number of nitrogens with one attached hydrogen (secondary N) is 1. The smallest absolute Gasteiger partial charge is 0.0700 e. The fourth-order valence-corrected chi connectivity index (χ4v) is 2.57. The lowest BCUT2D eigenvalue weighted by molar-refractivity contribution is 0.0617. The summed E-state index contributed by atoms with van der Waals surface area (Å²) >= 11 is 0. The average Bonchev–Trinajstić information content (AvgIpc) is 2.42. The largest absolute Gasteiger partial charge is 0.382 e. The van der Waals surface area contributed by atoms with E-state index in [0.29, 0.717) is 19.3 Å². The van der Waals surface area contributed by atoms with Crippen LogP contribution in [0.15, 0.2) is 0 Å². The van der Waals surface area contributed by atoms with E-state index in [4.69, 9.17) is 9.47 Å². The minimum absolute atomic E-state index is 0.633. The van der Waals surface area contributed by atoms with Crippen LogP contribution in [0.3, 0.4) is 0 Å². The molecule has 0 unspecified atom stereocenters. The number of ether oxygens (including phenoxy) is 2. The van der Waals surface area contributed by atoms with Crippen LogP contribution in [0.2, 0.25) is 0 Å². The van der Waals surface area contributed by atoms with Crippen molar-refractivity contribution >= 4 is 0 Å². The van der Waals surface area contributed by atoms with Crippen molar-refractivity contribution in [1.82, 2.24) is 10.2 Å². The van der Waals surface area contributed by atoms with E-state index in [1.165, 1.54) is 32.5 Å². The molecule has 0 aliphatic carbocycles. The number of rotatable bonds is 10. The molecule has 1 heterocycles. The summed E-state index contributed by atoms with van der Waals surface area (Å²) in [7, 11) is 1.71. The number of nitrogens with zero attached hydrogens (tertiary/aromatic N) is 1. The zero-order valence-corrected chi connectivity index (χ0v) is 13.0. The molecule has 0 spiro atoms.